The molecule has 2 aromatic heterocycles. The van der Waals surface area contributed by atoms with E-state index in [2.05, 4.69) is 20.6 Å². The highest BCUT2D eigenvalue weighted by molar-refractivity contribution is 6.35. The lowest BCUT2D eigenvalue weighted by Gasteiger charge is -2.08. The average Bonchev–Trinajstić information content (AvgIpc) is 3.10. The van der Waals surface area contributed by atoms with E-state index in [4.69, 9.17) is 11.6 Å². The third-order valence-corrected chi connectivity index (χ3v) is 4.07. The fraction of sp³-hybridized carbons (Fsp3) is 0.188. The molecule has 2 N–H and O–H groups in total. The van der Waals surface area contributed by atoms with Gasteiger partial charge in [-0.05, 0) is 42.5 Å². The van der Waals surface area contributed by atoms with Gasteiger partial charge in [0.05, 0.1) is 12.2 Å². The fourth-order valence-electron chi connectivity index (χ4n) is 2.54. The first kappa shape index (κ1) is 17.6. The van der Waals surface area contributed by atoms with Gasteiger partial charge in [-0.25, -0.2) is 0 Å². The Hall–Kier alpha value is -3.20. The molecular weight excluding hydrogens is 360 g/mol. The zero-order chi connectivity index (χ0) is 18.8. The summed E-state index contributed by atoms with van der Waals surface area (Å²) < 4.78 is 1.87. The molecule has 0 spiro atoms. The Morgan fingerprint density at radius 1 is 1.38 bits per heavy atom. The molecule has 2 heterocycles. The van der Waals surface area contributed by atoms with Crippen LogP contribution in [-0.2, 0) is 6.54 Å². The zero-order valence-electron chi connectivity index (χ0n) is 14.0. The minimum atomic E-state index is -0.735. The molecule has 0 aliphatic carbocycles. The molecule has 3 rings (SSSR count). The molecule has 0 aliphatic heterocycles. The minimum absolute atomic E-state index is 0.234. The summed E-state index contributed by atoms with van der Waals surface area (Å²) in [7, 11) is 0. The van der Waals surface area contributed by atoms with Crippen LogP contribution in [0.1, 0.15) is 27.4 Å². The number of carbonyl (C=O) groups is 1. The summed E-state index contributed by atoms with van der Waals surface area (Å²) in [4.78, 5) is 22.3. The molecule has 1 aromatic carbocycles. The van der Waals surface area contributed by atoms with Gasteiger partial charge in [0.25, 0.3) is 5.91 Å². The monoisotopic (exact) mass is 374 g/mol. The molecule has 0 atom stereocenters. The van der Waals surface area contributed by atoms with Crippen molar-refractivity contribution < 1.29 is 9.72 Å². The van der Waals surface area contributed by atoms with Gasteiger partial charge in [-0.2, -0.15) is 5.10 Å². The Balaban J connectivity index is 1.77. The number of carbonyl (C=O) groups excluding carboxylic acids is 1. The maximum absolute atomic E-state index is 12.3. The smallest absolute Gasteiger partial charge is 0.358 e. The molecular formula is C16H15ClN6O3. The molecule has 134 valence electrons. The number of benzene rings is 1. The highest BCUT2D eigenvalue weighted by Crippen LogP contribution is 2.25. The number of nitrogens with one attached hydrogen (secondary N) is 2. The van der Waals surface area contributed by atoms with E-state index in [0.717, 1.165) is 17.0 Å². The first-order valence-electron chi connectivity index (χ1n) is 7.64. The van der Waals surface area contributed by atoms with E-state index in [1.54, 1.807) is 18.2 Å². The number of hydrogen-bond donors (Lipinski definition) is 2. The normalized spacial score (nSPS) is 10.7. The first-order valence-corrected chi connectivity index (χ1v) is 8.02. The Labute approximate surface area is 153 Å². The third-order valence-electron chi connectivity index (χ3n) is 3.71. The van der Waals surface area contributed by atoms with Crippen molar-refractivity contribution in [2.75, 3.05) is 5.32 Å². The van der Waals surface area contributed by atoms with Gasteiger partial charge in [-0.3, -0.25) is 9.48 Å². The number of aryl methyl sites for hydroxylation is 2. The number of nitro groups is 1. The summed E-state index contributed by atoms with van der Waals surface area (Å²) in [6.07, 6.45) is 0. The van der Waals surface area contributed by atoms with Gasteiger partial charge in [0.15, 0.2) is 10.7 Å². The van der Waals surface area contributed by atoms with E-state index >= 15 is 0 Å². The molecule has 0 bridgehead atoms. The number of anilines is 1. The van der Waals surface area contributed by atoms with E-state index in [-0.39, 0.29) is 10.7 Å². The van der Waals surface area contributed by atoms with Crippen LogP contribution < -0.4 is 5.32 Å². The van der Waals surface area contributed by atoms with Crippen LogP contribution in [0.3, 0.4) is 0 Å². The number of hydrogen-bond acceptors (Lipinski definition) is 5. The summed E-state index contributed by atoms with van der Waals surface area (Å²) >= 11 is 5.83. The predicted molar refractivity (Wildman–Crippen MR) is 95.5 cm³/mol. The van der Waals surface area contributed by atoms with Crippen molar-refractivity contribution in [1.82, 2.24) is 20.0 Å². The predicted octanol–water partition coefficient (Wildman–Crippen LogP) is 3.09. The quantitative estimate of drug-likeness (QED) is 0.525. The molecule has 0 saturated carbocycles. The van der Waals surface area contributed by atoms with E-state index < -0.39 is 16.6 Å². The Bertz CT molecular complexity index is 994. The highest BCUT2D eigenvalue weighted by atomic mass is 35.5. The standard InChI is InChI=1S/C16H15ClN6O3/c1-9-6-10(2)22(21-9)8-11-4-3-5-12(7-11)18-16(24)14-13(17)15(20-19-14)23(25)26/h3-7H,8H2,1-2H3,(H,18,24)(H,19,20). The van der Waals surface area contributed by atoms with Crippen LogP contribution in [0, 0.1) is 24.0 Å². The number of halogens is 1. The molecule has 10 heteroatoms. The number of H-pyrrole nitrogens is 1. The zero-order valence-corrected chi connectivity index (χ0v) is 14.7. The van der Waals surface area contributed by atoms with Crippen LogP contribution in [0.2, 0.25) is 5.02 Å². The Morgan fingerprint density at radius 2 is 2.15 bits per heavy atom. The number of aromatic nitrogens is 4. The minimum Gasteiger partial charge on any atom is -0.358 e. The Morgan fingerprint density at radius 3 is 2.77 bits per heavy atom. The van der Waals surface area contributed by atoms with Gasteiger partial charge in [-0.1, -0.05) is 28.8 Å². The van der Waals surface area contributed by atoms with Crippen molar-refractivity contribution in [2.24, 2.45) is 0 Å². The summed E-state index contributed by atoms with van der Waals surface area (Å²) in [5.74, 6) is -1.15. The summed E-state index contributed by atoms with van der Waals surface area (Å²) in [5.41, 5.74) is 3.19. The number of rotatable bonds is 5. The lowest BCUT2D eigenvalue weighted by Crippen LogP contribution is -2.13. The summed E-state index contributed by atoms with van der Waals surface area (Å²) in [5, 5.41) is 23.2. The summed E-state index contributed by atoms with van der Waals surface area (Å²) in [6, 6.07) is 9.20. The molecule has 3 aromatic rings. The molecule has 1 amide bonds. The Kier molecular flexibility index (Phi) is 4.72. The van der Waals surface area contributed by atoms with Gasteiger partial charge in [0, 0.05) is 11.4 Å². The van der Waals surface area contributed by atoms with Crippen molar-refractivity contribution in [3.8, 4) is 0 Å². The van der Waals surface area contributed by atoms with E-state index in [1.807, 2.05) is 30.7 Å². The van der Waals surface area contributed by atoms with Gasteiger partial charge < -0.3 is 15.4 Å². The maximum atomic E-state index is 12.3. The molecule has 0 fully saturated rings. The molecule has 0 radical (unpaired) electrons. The molecule has 0 saturated heterocycles. The van der Waals surface area contributed by atoms with Crippen LogP contribution >= 0.6 is 11.6 Å². The van der Waals surface area contributed by atoms with Crippen LogP contribution in [0.25, 0.3) is 0 Å². The number of aromatic amines is 1. The SMILES string of the molecule is Cc1cc(C)n(Cc2cccc(NC(=O)c3n[nH]c([N+](=O)[O-])c3Cl)c2)n1. The highest BCUT2D eigenvalue weighted by Gasteiger charge is 2.25. The van der Waals surface area contributed by atoms with Crippen LogP contribution in [0.15, 0.2) is 30.3 Å². The molecule has 0 aliphatic rings. The second-order valence-corrected chi connectivity index (χ2v) is 6.11. The average molecular weight is 375 g/mol. The van der Waals surface area contributed by atoms with Gasteiger partial charge in [0.1, 0.15) is 0 Å². The maximum Gasteiger partial charge on any atom is 0.362 e. The van der Waals surface area contributed by atoms with Gasteiger partial charge >= 0.3 is 5.82 Å². The van der Waals surface area contributed by atoms with Crippen molar-refractivity contribution >= 4 is 29.0 Å². The second-order valence-electron chi connectivity index (χ2n) is 5.73. The van der Waals surface area contributed by atoms with Crippen molar-refractivity contribution in [3.63, 3.8) is 0 Å². The van der Waals surface area contributed by atoms with Crippen LogP contribution in [0.5, 0.6) is 0 Å². The fourth-order valence-corrected chi connectivity index (χ4v) is 2.78. The van der Waals surface area contributed by atoms with Crippen LogP contribution in [0.4, 0.5) is 11.5 Å². The van der Waals surface area contributed by atoms with E-state index in [9.17, 15) is 14.9 Å². The second kappa shape index (κ2) is 6.96. The summed E-state index contributed by atoms with van der Waals surface area (Å²) in [6.45, 7) is 4.45. The lowest BCUT2D eigenvalue weighted by molar-refractivity contribution is -0.389. The number of amides is 1. The molecule has 9 nitrogen and oxygen atoms in total. The van der Waals surface area contributed by atoms with Crippen molar-refractivity contribution in [3.05, 3.63) is 68.1 Å². The molecule has 0 unspecified atom stereocenters. The van der Waals surface area contributed by atoms with Crippen molar-refractivity contribution in [2.45, 2.75) is 20.4 Å². The topological polar surface area (TPSA) is 119 Å². The lowest BCUT2D eigenvalue weighted by atomic mass is 10.2. The van der Waals surface area contributed by atoms with E-state index in [0.29, 0.717) is 12.2 Å². The largest absolute Gasteiger partial charge is 0.362 e. The van der Waals surface area contributed by atoms with Crippen LogP contribution in [-0.4, -0.2) is 30.8 Å². The molecule has 26 heavy (non-hydrogen) atoms. The third kappa shape index (κ3) is 3.57. The van der Waals surface area contributed by atoms with Gasteiger partial charge in [0.2, 0.25) is 0 Å². The first-order chi connectivity index (χ1) is 12.3. The number of nitrogens with zero attached hydrogens (tertiary/aromatic N) is 4. The van der Waals surface area contributed by atoms with Gasteiger partial charge in [-0.15, -0.1) is 5.10 Å². The van der Waals surface area contributed by atoms with E-state index in [1.165, 1.54) is 0 Å². The van der Waals surface area contributed by atoms with Crippen molar-refractivity contribution in [1.29, 1.82) is 0 Å².